The first-order valence-electron chi connectivity index (χ1n) is 5.87. The maximum Gasteiger partial charge on any atom is 0.238 e. The average Bonchev–Trinajstić information content (AvgIpc) is 2.34. The highest BCUT2D eigenvalue weighted by atomic mass is 19.1. The largest absolute Gasteiger partial charge is 0.368 e. The number of nitrogens with two attached hydrogens (primary N) is 1. The highest BCUT2D eigenvalue weighted by molar-refractivity contribution is 5.86. The van der Waals surface area contributed by atoms with Crippen LogP contribution in [0.5, 0.6) is 0 Å². The van der Waals surface area contributed by atoms with E-state index in [0.29, 0.717) is 6.42 Å². The van der Waals surface area contributed by atoms with Crippen LogP contribution in [0.25, 0.3) is 0 Å². The van der Waals surface area contributed by atoms with Crippen LogP contribution in [0.15, 0.2) is 24.3 Å². The highest BCUT2D eigenvalue weighted by Gasteiger charge is 2.21. The van der Waals surface area contributed by atoms with Gasteiger partial charge in [0.05, 0.1) is 12.6 Å². The second-order valence-corrected chi connectivity index (χ2v) is 4.49. The second kappa shape index (κ2) is 6.84. The maximum atomic E-state index is 12.8. The zero-order chi connectivity index (χ0) is 14.4. The Balaban J connectivity index is 2.69. The van der Waals surface area contributed by atoms with Gasteiger partial charge in [-0.2, -0.15) is 0 Å². The summed E-state index contributed by atoms with van der Waals surface area (Å²) in [5.74, 6) is -1.19. The summed E-state index contributed by atoms with van der Waals surface area (Å²) in [4.78, 5) is 24.3. The molecule has 1 rings (SSSR count). The first-order valence-corrected chi connectivity index (χ1v) is 5.87. The first-order chi connectivity index (χ1) is 8.90. The lowest BCUT2D eigenvalue weighted by molar-refractivity contribution is -0.128. The molecule has 0 aliphatic rings. The molecule has 0 radical (unpaired) electrons. The number of amides is 2. The van der Waals surface area contributed by atoms with E-state index in [1.807, 2.05) is 0 Å². The van der Waals surface area contributed by atoms with Crippen LogP contribution >= 0.6 is 0 Å². The van der Waals surface area contributed by atoms with E-state index in [-0.39, 0.29) is 18.3 Å². The minimum absolute atomic E-state index is 0.188. The second-order valence-electron chi connectivity index (χ2n) is 4.49. The predicted octanol–water partition coefficient (Wildman–Crippen LogP) is -0.100. The molecule has 0 aromatic heterocycles. The number of nitrogens with zero attached hydrogens (tertiary/aromatic N) is 1. The fourth-order valence-corrected chi connectivity index (χ4v) is 1.65. The summed E-state index contributed by atoms with van der Waals surface area (Å²) in [7, 11) is 3.52. The third-order valence-corrected chi connectivity index (χ3v) is 2.71. The summed E-state index contributed by atoms with van der Waals surface area (Å²) >= 11 is 0. The average molecular weight is 267 g/mol. The number of carbonyl (C=O) groups is 2. The Kier molecular flexibility index (Phi) is 5.44. The molecule has 0 spiro atoms. The van der Waals surface area contributed by atoms with Crippen LogP contribution in [0, 0.1) is 5.82 Å². The molecule has 2 amide bonds. The maximum absolute atomic E-state index is 12.8. The number of hydrogen-bond donors (Lipinski definition) is 2. The minimum Gasteiger partial charge on any atom is -0.368 e. The van der Waals surface area contributed by atoms with E-state index in [4.69, 9.17) is 5.73 Å². The number of likely N-dealkylation sites (N-methyl/N-ethyl adjacent to an activating group) is 1. The highest BCUT2D eigenvalue weighted by Crippen LogP contribution is 2.08. The summed E-state index contributed by atoms with van der Waals surface area (Å²) in [5, 5.41) is 2.47. The fourth-order valence-electron chi connectivity index (χ4n) is 1.65. The lowest BCUT2D eigenvalue weighted by Crippen LogP contribution is -2.47. The van der Waals surface area contributed by atoms with Gasteiger partial charge in [-0.1, -0.05) is 12.1 Å². The molecule has 6 heteroatoms. The Morgan fingerprint density at radius 2 is 1.89 bits per heavy atom. The topological polar surface area (TPSA) is 75.4 Å². The minimum atomic E-state index is -0.590. The summed E-state index contributed by atoms with van der Waals surface area (Å²) < 4.78 is 12.8. The Hall–Kier alpha value is -1.95. The SMILES string of the molecule is CN(C)C(Cc1ccc(F)cc1)C(=O)NCC(N)=O. The van der Waals surface area contributed by atoms with Crippen LogP contribution in [0.3, 0.4) is 0 Å². The smallest absolute Gasteiger partial charge is 0.238 e. The monoisotopic (exact) mass is 267 g/mol. The van der Waals surface area contributed by atoms with Gasteiger partial charge in [-0.25, -0.2) is 4.39 Å². The Morgan fingerprint density at radius 3 is 2.37 bits per heavy atom. The predicted molar refractivity (Wildman–Crippen MR) is 69.8 cm³/mol. The van der Waals surface area contributed by atoms with Crippen molar-refractivity contribution in [3.63, 3.8) is 0 Å². The Morgan fingerprint density at radius 1 is 1.32 bits per heavy atom. The Bertz CT molecular complexity index is 446. The van der Waals surface area contributed by atoms with Crippen molar-refractivity contribution in [2.45, 2.75) is 12.5 Å². The van der Waals surface area contributed by atoms with E-state index in [2.05, 4.69) is 5.32 Å². The third-order valence-electron chi connectivity index (χ3n) is 2.71. The first kappa shape index (κ1) is 15.1. The molecule has 0 saturated carbocycles. The molecule has 5 nitrogen and oxygen atoms in total. The van der Waals surface area contributed by atoms with Gasteiger partial charge < -0.3 is 11.1 Å². The zero-order valence-corrected chi connectivity index (χ0v) is 11.0. The fraction of sp³-hybridized carbons (Fsp3) is 0.385. The molecule has 3 N–H and O–H groups in total. The van der Waals surface area contributed by atoms with Gasteiger partial charge in [-0.15, -0.1) is 0 Å². The van der Waals surface area contributed by atoms with E-state index in [9.17, 15) is 14.0 Å². The van der Waals surface area contributed by atoms with Gasteiger partial charge >= 0.3 is 0 Å². The van der Waals surface area contributed by atoms with E-state index < -0.39 is 11.9 Å². The summed E-state index contributed by atoms with van der Waals surface area (Å²) in [6.07, 6.45) is 0.428. The van der Waals surface area contributed by atoms with E-state index in [1.165, 1.54) is 12.1 Å². The molecule has 0 aliphatic carbocycles. The van der Waals surface area contributed by atoms with Crippen LogP contribution < -0.4 is 11.1 Å². The van der Waals surface area contributed by atoms with Crippen LogP contribution in [0.1, 0.15) is 5.56 Å². The van der Waals surface area contributed by atoms with Crippen molar-refractivity contribution in [1.82, 2.24) is 10.2 Å². The number of halogens is 1. The van der Waals surface area contributed by atoms with Gasteiger partial charge in [0.1, 0.15) is 5.82 Å². The quantitative estimate of drug-likeness (QED) is 0.755. The molecular weight excluding hydrogens is 249 g/mol. The van der Waals surface area contributed by atoms with Gasteiger partial charge in [0.2, 0.25) is 11.8 Å². The number of carbonyl (C=O) groups excluding carboxylic acids is 2. The van der Waals surface area contributed by atoms with Crippen molar-refractivity contribution in [2.24, 2.45) is 5.73 Å². The van der Waals surface area contributed by atoms with Gasteiger partial charge in [0.15, 0.2) is 0 Å². The number of primary amides is 1. The van der Waals surface area contributed by atoms with Crippen molar-refractivity contribution in [2.75, 3.05) is 20.6 Å². The van der Waals surface area contributed by atoms with Crippen molar-refractivity contribution >= 4 is 11.8 Å². The van der Waals surface area contributed by atoms with Crippen molar-refractivity contribution < 1.29 is 14.0 Å². The standard InChI is InChI=1S/C13H18FN3O2/c1-17(2)11(13(19)16-8-12(15)18)7-9-3-5-10(14)6-4-9/h3-6,11H,7-8H2,1-2H3,(H2,15,18)(H,16,19). The zero-order valence-electron chi connectivity index (χ0n) is 11.0. The number of hydrogen-bond acceptors (Lipinski definition) is 3. The van der Waals surface area contributed by atoms with E-state index in [1.54, 1.807) is 31.1 Å². The van der Waals surface area contributed by atoms with Crippen molar-refractivity contribution in [3.05, 3.63) is 35.6 Å². The molecular formula is C13H18FN3O2. The molecule has 0 fully saturated rings. The molecule has 0 aliphatic heterocycles. The van der Waals surface area contributed by atoms with Crippen LogP contribution in [-0.2, 0) is 16.0 Å². The van der Waals surface area contributed by atoms with Gasteiger partial charge in [-0.3, -0.25) is 14.5 Å². The summed E-state index contributed by atoms with van der Waals surface area (Å²) in [5.41, 5.74) is 5.82. The van der Waals surface area contributed by atoms with Gasteiger partial charge in [-0.05, 0) is 38.2 Å². The third kappa shape index (κ3) is 5.05. The van der Waals surface area contributed by atoms with Crippen LogP contribution in [0.2, 0.25) is 0 Å². The van der Waals surface area contributed by atoms with Crippen LogP contribution in [0.4, 0.5) is 4.39 Å². The molecule has 0 heterocycles. The molecule has 0 bridgehead atoms. The van der Waals surface area contributed by atoms with Crippen LogP contribution in [-0.4, -0.2) is 43.4 Å². The lowest BCUT2D eigenvalue weighted by atomic mass is 10.0. The van der Waals surface area contributed by atoms with E-state index >= 15 is 0 Å². The number of benzene rings is 1. The Labute approximate surface area is 111 Å². The molecule has 0 saturated heterocycles. The van der Waals surface area contributed by atoms with E-state index in [0.717, 1.165) is 5.56 Å². The number of nitrogens with one attached hydrogen (secondary N) is 1. The molecule has 1 atom stereocenters. The molecule has 104 valence electrons. The van der Waals surface area contributed by atoms with Gasteiger partial charge in [0, 0.05) is 0 Å². The molecule has 1 aromatic carbocycles. The van der Waals surface area contributed by atoms with Crippen molar-refractivity contribution in [3.8, 4) is 0 Å². The normalized spacial score (nSPS) is 12.2. The number of rotatable bonds is 6. The van der Waals surface area contributed by atoms with Gasteiger partial charge in [0.25, 0.3) is 0 Å². The summed E-state index contributed by atoms with van der Waals surface area (Å²) in [6, 6.07) is 5.53. The molecule has 19 heavy (non-hydrogen) atoms. The van der Waals surface area contributed by atoms with Crippen molar-refractivity contribution in [1.29, 1.82) is 0 Å². The lowest BCUT2D eigenvalue weighted by Gasteiger charge is -2.23. The molecule has 1 aromatic rings. The summed E-state index contributed by atoms with van der Waals surface area (Å²) in [6.45, 7) is -0.188. The molecule has 1 unspecified atom stereocenters.